The first kappa shape index (κ1) is 17.5. The van der Waals surface area contributed by atoms with Crippen molar-refractivity contribution in [2.75, 3.05) is 7.11 Å². The number of nitrogens with zero attached hydrogens (tertiary/aromatic N) is 2. The topological polar surface area (TPSA) is 61.2 Å². The van der Waals surface area contributed by atoms with Gasteiger partial charge in [0.2, 0.25) is 0 Å². The van der Waals surface area contributed by atoms with E-state index in [0.717, 1.165) is 12.8 Å². The summed E-state index contributed by atoms with van der Waals surface area (Å²) in [6, 6.07) is 7.28. The second-order valence-electron chi connectivity index (χ2n) is 5.23. The predicted molar refractivity (Wildman–Crippen MR) is 92.9 cm³/mol. The molecule has 0 radical (unpaired) electrons. The first-order valence-electron chi connectivity index (χ1n) is 7.86. The van der Waals surface area contributed by atoms with E-state index in [4.69, 9.17) is 4.74 Å². The van der Waals surface area contributed by atoms with Crippen molar-refractivity contribution >= 4 is 28.6 Å². The van der Waals surface area contributed by atoms with Crippen LogP contribution in [0.4, 0.5) is 0 Å². The molecule has 1 atom stereocenters. The number of carbonyl (C=O) groups excluding carboxylic acids is 1. The lowest BCUT2D eigenvalue weighted by Crippen LogP contribution is -2.25. The largest absolute Gasteiger partial charge is 0.468 e. The van der Waals surface area contributed by atoms with Crippen LogP contribution in [0.1, 0.15) is 33.1 Å². The monoisotopic (exact) mass is 334 g/mol. The van der Waals surface area contributed by atoms with Gasteiger partial charge in [-0.15, -0.1) is 0 Å². The smallest absolute Gasteiger partial charge is 0.319 e. The molecule has 2 aromatic rings. The third-order valence-electron chi connectivity index (χ3n) is 3.67. The van der Waals surface area contributed by atoms with E-state index in [1.165, 1.54) is 18.9 Å². The fourth-order valence-corrected chi connectivity index (χ4v) is 3.61. The van der Waals surface area contributed by atoms with Gasteiger partial charge in [0.05, 0.1) is 18.0 Å². The minimum absolute atomic E-state index is 0.0697. The molecule has 1 unspecified atom stereocenters. The molecule has 1 aromatic carbocycles. The minimum atomic E-state index is -0.342. The maximum atomic E-state index is 12.6. The van der Waals surface area contributed by atoms with Gasteiger partial charge in [-0.3, -0.25) is 14.2 Å². The molecular formula is C17H22N2O3S. The molecule has 0 bridgehead atoms. The van der Waals surface area contributed by atoms with Crippen LogP contribution in [-0.4, -0.2) is 27.9 Å². The summed E-state index contributed by atoms with van der Waals surface area (Å²) >= 11 is 1.32. The third kappa shape index (κ3) is 3.93. The molecule has 5 nitrogen and oxygen atoms in total. The van der Waals surface area contributed by atoms with Crippen LogP contribution in [0.2, 0.25) is 0 Å². The van der Waals surface area contributed by atoms with Crippen LogP contribution in [0.25, 0.3) is 10.9 Å². The molecule has 0 aliphatic carbocycles. The quantitative estimate of drug-likeness (QED) is 0.442. The molecule has 0 saturated carbocycles. The van der Waals surface area contributed by atoms with Crippen molar-refractivity contribution < 1.29 is 9.53 Å². The summed E-state index contributed by atoms with van der Waals surface area (Å²) in [6.07, 6.45) is 2.64. The van der Waals surface area contributed by atoms with Crippen LogP contribution in [0.3, 0.4) is 0 Å². The summed E-state index contributed by atoms with van der Waals surface area (Å²) in [7, 11) is 1.39. The molecule has 0 saturated heterocycles. The zero-order valence-electron chi connectivity index (χ0n) is 13.7. The van der Waals surface area contributed by atoms with E-state index in [2.05, 4.69) is 11.9 Å². The highest BCUT2D eigenvalue weighted by atomic mass is 32.2. The molecule has 124 valence electrons. The number of methoxy groups -OCH3 is 1. The SMILES string of the molecule is CCCCC(Sc1nc2ccccc2c(=O)n1CC)C(=O)OC. The number of hydrogen-bond donors (Lipinski definition) is 0. The molecule has 1 aromatic heterocycles. The molecule has 0 aliphatic heterocycles. The summed E-state index contributed by atoms with van der Waals surface area (Å²) in [6.45, 7) is 4.50. The number of unbranched alkanes of at least 4 members (excludes halogenated alkanes) is 1. The molecule has 2 rings (SSSR count). The van der Waals surface area contributed by atoms with E-state index in [-0.39, 0.29) is 16.8 Å². The van der Waals surface area contributed by atoms with Gasteiger partial charge in [0.1, 0.15) is 5.25 Å². The Hall–Kier alpha value is -1.82. The van der Waals surface area contributed by atoms with Gasteiger partial charge in [0.15, 0.2) is 5.16 Å². The number of hydrogen-bond acceptors (Lipinski definition) is 5. The number of benzene rings is 1. The molecule has 0 spiro atoms. The molecule has 1 heterocycles. The van der Waals surface area contributed by atoms with Crippen LogP contribution in [-0.2, 0) is 16.1 Å². The summed E-state index contributed by atoms with van der Waals surface area (Å²) in [5, 5.41) is 0.829. The highest BCUT2D eigenvalue weighted by molar-refractivity contribution is 8.00. The van der Waals surface area contributed by atoms with Crippen molar-refractivity contribution in [2.24, 2.45) is 0 Å². The number of aromatic nitrogens is 2. The van der Waals surface area contributed by atoms with E-state index in [9.17, 15) is 9.59 Å². The third-order valence-corrected chi connectivity index (χ3v) is 4.91. The van der Waals surface area contributed by atoms with Gasteiger partial charge in [-0.05, 0) is 25.5 Å². The van der Waals surface area contributed by atoms with Gasteiger partial charge in [0, 0.05) is 6.54 Å². The second-order valence-corrected chi connectivity index (χ2v) is 6.40. The molecule has 0 fully saturated rings. The molecule has 6 heteroatoms. The molecule has 23 heavy (non-hydrogen) atoms. The van der Waals surface area contributed by atoms with E-state index in [0.29, 0.717) is 29.0 Å². The van der Waals surface area contributed by atoms with Gasteiger partial charge in [-0.25, -0.2) is 4.98 Å². The highest BCUT2D eigenvalue weighted by Crippen LogP contribution is 2.26. The Morgan fingerprint density at radius 3 is 2.74 bits per heavy atom. The minimum Gasteiger partial charge on any atom is -0.468 e. The number of carbonyl (C=O) groups is 1. The molecule has 0 aliphatic rings. The van der Waals surface area contributed by atoms with E-state index in [1.807, 2.05) is 25.1 Å². The lowest BCUT2D eigenvalue weighted by molar-refractivity contribution is -0.140. The first-order valence-corrected chi connectivity index (χ1v) is 8.74. The standard InChI is InChI=1S/C17H22N2O3S/c1-4-6-11-14(16(21)22-3)23-17-18-13-10-8-7-9-12(13)15(20)19(17)5-2/h7-10,14H,4-6,11H2,1-3H3. The summed E-state index contributed by atoms with van der Waals surface area (Å²) in [4.78, 5) is 29.2. The van der Waals surface area contributed by atoms with Crippen molar-refractivity contribution in [2.45, 2.75) is 50.1 Å². The molecule has 0 N–H and O–H groups in total. The van der Waals surface area contributed by atoms with Crippen LogP contribution in [0, 0.1) is 0 Å². The summed E-state index contributed by atoms with van der Waals surface area (Å²) in [5.74, 6) is -0.270. The number of para-hydroxylation sites is 1. The van der Waals surface area contributed by atoms with Gasteiger partial charge >= 0.3 is 5.97 Å². The Bertz CT molecular complexity index is 742. The van der Waals surface area contributed by atoms with E-state index < -0.39 is 0 Å². The Balaban J connectivity index is 2.44. The second kappa shape index (κ2) is 8.15. The normalized spacial score (nSPS) is 12.3. The van der Waals surface area contributed by atoms with Gasteiger partial charge in [-0.2, -0.15) is 0 Å². The average Bonchev–Trinajstić information content (AvgIpc) is 2.58. The lowest BCUT2D eigenvalue weighted by atomic mass is 10.2. The maximum absolute atomic E-state index is 12.6. The van der Waals surface area contributed by atoms with Crippen molar-refractivity contribution in [3.05, 3.63) is 34.6 Å². The Morgan fingerprint density at radius 2 is 2.09 bits per heavy atom. The lowest BCUT2D eigenvalue weighted by Gasteiger charge is -2.16. The Kier molecular flexibility index (Phi) is 6.21. The van der Waals surface area contributed by atoms with E-state index in [1.54, 1.807) is 10.6 Å². The number of ether oxygens (including phenoxy) is 1. The maximum Gasteiger partial charge on any atom is 0.319 e. The summed E-state index contributed by atoms with van der Waals surface area (Å²) < 4.78 is 6.52. The molecule has 0 amide bonds. The highest BCUT2D eigenvalue weighted by Gasteiger charge is 2.23. The number of esters is 1. The average molecular weight is 334 g/mol. The van der Waals surface area contributed by atoms with Gasteiger partial charge in [0.25, 0.3) is 5.56 Å². The van der Waals surface area contributed by atoms with Crippen molar-refractivity contribution in [3.63, 3.8) is 0 Å². The zero-order chi connectivity index (χ0) is 16.8. The zero-order valence-corrected chi connectivity index (χ0v) is 14.6. The number of rotatable bonds is 7. The van der Waals surface area contributed by atoms with Gasteiger partial charge in [-0.1, -0.05) is 43.7 Å². The van der Waals surface area contributed by atoms with Crippen molar-refractivity contribution in [1.82, 2.24) is 9.55 Å². The van der Waals surface area contributed by atoms with Gasteiger partial charge < -0.3 is 4.74 Å². The Labute approximate surface area is 140 Å². The fourth-order valence-electron chi connectivity index (χ4n) is 2.39. The van der Waals surface area contributed by atoms with Crippen LogP contribution < -0.4 is 5.56 Å². The van der Waals surface area contributed by atoms with Crippen LogP contribution in [0.15, 0.2) is 34.2 Å². The summed E-state index contributed by atoms with van der Waals surface area (Å²) in [5.41, 5.74) is 0.587. The first-order chi connectivity index (χ1) is 11.1. The number of thioether (sulfide) groups is 1. The Morgan fingerprint density at radius 1 is 1.35 bits per heavy atom. The van der Waals surface area contributed by atoms with Crippen LogP contribution >= 0.6 is 11.8 Å². The van der Waals surface area contributed by atoms with Crippen molar-refractivity contribution in [3.8, 4) is 0 Å². The van der Waals surface area contributed by atoms with Crippen LogP contribution in [0.5, 0.6) is 0 Å². The molecular weight excluding hydrogens is 312 g/mol. The number of fused-ring (bicyclic) bond motifs is 1. The fraction of sp³-hybridized carbons (Fsp3) is 0.471. The predicted octanol–water partition coefficient (Wildman–Crippen LogP) is 3.24. The van der Waals surface area contributed by atoms with Crippen molar-refractivity contribution in [1.29, 1.82) is 0 Å². The van der Waals surface area contributed by atoms with E-state index >= 15 is 0 Å².